The predicted molar refractivity (Wildman–Crippen MR) is 93.2 cm³/mol. The van der Waals surface area contributed by atoms with E-state index in [4.69, 9.17) is 14.2 Å². The second-order valence-electron chi connectivity index (χ2n) is 7.64. The van der Waals surface area contributed by atoms with Crippen LogP contribution in [0, 0.1) is 5.92 Å². The molecule has 0 saturated heterocycles. The van der Waals surface area contributed by atoms with Crippen molar-refractivity contribution in [2.24, 2.45) is 5.92 Å². The van der Waals surface area contributed by atoms with E-state index in [-0.39, 0.29) is 32.0 Å². The molecule has 0 aliphatic carbocycles. The van der Waals surface area contributed by atoms with Gasteiger partial charge >= 0.3 is 18.2 Å². The maximum absolute atomic E-state index is 11.7. The van der Waals surface area contributed by atoms with Crippen molar-refractivity contribution in [3.8, 4) is 0 Å². The second-order valence-corrected chi connectivity index (χ2v) is 7.64. The zero-order valence-electron chi connectivity index (χ0n) is 16.4. The van der Waals surface area contributed by atoms with E-state index in [2.05, 4.69) is 10.6 Å². The summed E-state index contributed by atoms with van der Waals surface area (Å²) >= 11 is 0. The first-order valence-electron chi connectivity index (χ1n) is 8.41. The number of hydrogen-bond acceptors (Lipinski definition) is 6. The molecule has 0 aliphatic heterocycles. The highest BCUT2D eigenvalue weighted by molar-refractivity contribution is 5.71. The van der Waals surface area contributed by atoms with Crippen LogP contribution in [0.5, 0.6) is 0 Å². The van der Waals surface area contributed by atoms with Gasteiger partial charge in [0.15, 0.2) is 0 Å². The summed E-state index contributed by atoms with van der Waals surface area (Å²) in [7, 11) is 0. The summed E-state index contributed by atoms with van der Waals surface area (Å²) in [6.45, 7) is 12.8. The zero-order chi connectivity index (χ0) is 19.7. The summed E-state index contributed by atoms with van der Waals surface area (Å²) in [6.07, 6.45) is -1.11. The summed E-state index contributed by atoms with van der Waals surface area (Å²) in [5.41, 5.74) is -1.23. The van der Waals surface area contributed by atoms with Gasteiger partial charge < -0.3 is 24.8 Å². The van der Waals surface area contributed by atoms with Crippen molar-refractivity contribution >= 4 is 18.2 Å². The van der Waals surface area contributed by atoms with Crippen LogP contribution in [0.2, 0.25) is 0 Å². The minimum atomic E-state index is -0.616. The lowest BCUT2D eigenvalue weighted by Crippen LogP contribution is -2.41. The average Bonchev–Trinajstić information content (AvgIpc) is 2.38. The average molecular weight is 360 g/mol. The number of carbonyl (C=O) groups is 3. The third-order valence-corrected chi connectivity index (χ3v) is 2.63. The Morgan fingerprint density at radius 2 is 1.24 bits per heavy atom. The van der Waals surface area contributed by atoms with Crippen LogP contribution in [-0.4, -0.2) is 49.1 Å². The number of rotatable bonds is 7. The molecule has 0 spiro atoms. The molecule has 0 aromatic rings. The highest BCUT2D eigenvalue weighted by atomic mass is 16.6. The molecular formula is C17H32N2O6. The number of amides is 2. The fourth-order valence-electron chi connectivity index (χ4n) is 1.76. The van der Waals surface area contributed by atoms with Crippen molar-refractivity contribution in [1.29, 1.82) is 0 Å². The molecule has 8 heteroatoms. The number of nitrogens with one attached hydrogen (secondary N) is 2. The molecule has 2 N–H and O–H groups in total. The molecule has 8 nitrogen and oxygen atoms in total. The lowest BCUT2D eigenvalue weighted by molar-refractivity contribution is -0.144. The van der Waals surface area contributed by atoms with E-state index in [1.165, 1.54) is 0 Å². The fourth-order valence-corrected chi connectivity index (χ4v) is 1.76. The highest BCUT2D eigenvalue weighted by Gasteiger charge is 2.21. The Labute approximate surface area is 150 Å². The molecule has 25 heavy (non-hydrogen) atoms. The summed E-state index contributed by atoms with van der Waals surface area (Å²) in [6, 6.07) is 0. The van der Waals surface area contributed by atoms with Crippen molar-refractivity contribution in [1.82, 2.24) is 10.6 Å². The van der Waals surface area contributed by atoms with E-state index in [1.54, 1.807) is 48.5 Å². The molecule has 0 bridgehead atoms. The minimum Gasteiger partial charge on any atom is -0.466 e. The Bertz CT molecular complexity index is 419. The van der Waals surface area contributed by atoms with Gasteiger partial charge in [-0.3, -0.25) is 4.79 Å². The quantitative estimate of drug-likeness (QED) is 0.534. The monoisotopic (exact) mass is 360 g/mol. The largest absolute Gasteiger partial charge is 0.466 e. The molecule has 0 aliphatic rings. The topological polar surface area (TPSA) is 103 Å². The van der Waals surface area contributed by atoms with Crippen molar-refractivity contribution in [2.75, 3.05) is 19.7 Å². The molecule has 146 valence electrons. The molecule has 0 unspecified atom stereocenters. The minimum absolute atomic E-state index is 0.0550. The van der Waals surface area contributed by atoms with Gasteiger partial charge in [0.25, 0.3) is 0 Å². The van der Waals surface area contributed by atoms with E-state index in [9.17, 15) is 14.4 Å². The van der Waals surface area contributed by atoms with Crippen LogP contribution in [0.15, 0.2) is 0 Å². The van der Waals surface area contributed by atoms with Crippen molar-refractivity contribution in [3.05, 3.63) is 0 Å². The Balaban J connectivity index is 4.57. The maximum atomic E-state index is 11.7. The van der Waals surface area contributed by atoms with E-state index in [1.807, 2.05) is 0 Å². The molecule has 0 aromatic heterocycles. The number of hydrogen-bond donors (Lipinski definition) is 2. The molecule has 0 aromatic carbocycles. The van der Waals surface area contributed by atoms with E-state index >= 15 is 0 Å². The van der Waals surface area contributed by atoms with E-state index in [0.717, 1.165) is 0 Å². The standard InChI is InChI=1S/C17H32N2O6/c1-8-23-13(20)9-12(10-18-14(21)24-16(2,3)4)11-19-15(22)25-17(5,6)7/h12H,8-11H2,1-7H3,(H,18,21)(H,19,22). The molecular weight excluding hydrogens is 328 g/mol. The number of alkyl carbamates (subject to hydrolysis) is 2. The summed E-state index contributed by atoms with van der Waals surface area (Å²) < 4.78 is 15.2. The Morgan fingerprint density at radius 3 is 1.56 bits per heavy atom. The van der Waals surface area contributed by atoms with Crippen LogP contribution in [-0.2, 0) is 19.0 Å². The van der Waals surface area contributed by atoms with Crippen LogP contribution in [0.25, 0.3) is 0 Å². The van der Waals surface area contributed by atoms with Crippen LogP contribution >= 0.6 is 0 Å². The normalized spacial score (nSPS) is 11.7. The maximum Gasteiger partial charge on any atom is 0.407 e. The van der Waals surface area contributed by atoms with Crippen molar-refractivity contribution in [2.45, 2.75) is 66.1 Å². The third-order valence-electron chi connectivity index (χ3n) is 2.63. The van der Waals surface area contributed by atoms with E-state index in [0.29, 0.717) is 0 Å². The summed E-state index contributed by atoms with van der Waals surface area (Å²) in [4.78, 5) is 35.2. The van der Waals surface area contributed by atoms with Gasteiger partial charge in [-0.15, -0.1) is 0 Å². The van der Waals surface area contributed by atoms with Crippen LogP contribution < -0.4 is 10.6 Å². The van der Waals surface area contributed by atoms with Gasteiger partial charge in [0, 0.05) is 19.0 Å². The SMILES string of the molecule is CCOC(=O)CC(CNC(=O)OC(C)(C)C)CNC(=O)OC(C)(C)C. The Hall–Kier alpha value is -1.99. The van der Waals surface area contributed by atoms with Crippen LogP contribution in [0.4, 0.5) is 9.59 Å². The van der Waals surface area contributed by atoms with Crippen LogP contribution in [0.3, 0.4) is 0 Å². The smallest absolute Gasteiger partial charge is 0.407 e. The molecule has 0 atom stereocenters. The number of ether oxygens (including phenoxy) is 3. The zero-order valence-corrected chi connectivity index (χ0v) is 16.4. The first kappa shape index (κ1) is 23.0. The van der Waals surface area contributed by atoms with Gasteiger partial charge in [-0.2, -0.15) is 0 Å². The molecule has 0 heterocycles. The van der Waals surface area contributed by atoms with Gasteiger partial charge in [0.1, 0.15) is 11.2 Å². The Morgan fingerprint density at radius 1 is 0.840 bits per heavy atom. The van der Waals surface area contributed by atoms with Crippen molar-refractivity contribution in [3.63, 3.8) is 0 Å². The van der Waals surface area contributed by atoms with Gasteiger partial charge in [-0.25, -0.2) is 9.59 Å². The van der Waals surface area contributed by atoms with Gasteiger partial charge in [-0.05, 0) is 48.5 Å². The lowest BCUT2D eigenvalue weighted by Gasteiger charge is -2.23. The first-order chi connectivity index (χ1) is 11.3. The molecule has 0 rings (SSSR count). The molecule has 0 saturated carbocycles. The molecule has 0 radical (unpaired) electrons. The second kappa shape index (κ2) is 10.1. The third kappa shape index (κ3) is 14.1. The van der Waals surface area contributed by atoms with Gasteiger partial charge in [-0.1, -0.05) is 0 Å². The number of esters is 1. The van der Waals surface area contributed by atoms with Gasteiger partial charge in [0.05, 0.1) is 13.0 Å². The highest BCUT2D eigenvalue weighted by Crippen LogP contribution is 2.09. The summed E-state index contributed by atoms with van der Waals surface area (Å²) in [5, 5.41) is 5.20. The number of carbonyl (C=O) groups excluding carboxylic acids is 3. The fraction of sp³-hybridized carbons (Fsp3) is 0.824. The van der Waals surface area contributed by atoms with Crippen molar-refractivity contribution < 1.29 is 28.6 Å². The molecule has 0 fully saturated rings. The van der Waals surface area contributed by atoms with Gasteiger partial charge in [0.2, 0.25) is 0 Å². The lowest BCUT2D eigenvalue weighted by atomic mass is 10.1. The predicted octanol–water partition coefficient (Wildman–Crippen LogP) is 2.61. The van der Waals surface area contributed by atoms with Crippen LogP contribution in [0.1, 0.15) is 54.9 Å². The Kier molecular flexibility index (Phi) is 9.30. The molecule has 2 amide bonds. The summed E-state index contributed by atoms with van der Waals surface area (Å²) in [5.74, 6) is -0.747. The van der Waals surface area contributed by atoms with E-state index < -0.39 is 29.4 Å². The first-order valence-corrected chi connectivity index (χ1v) is 8.41.